The number of amides is 1. The van der Waals surface area contributed by atoms with Gasteiger partial charge in [0.2, 0.25) is 0 Å². The number of hydrogen-bond acceptors (Lipinski definition) is 5. The summed E-state index contributed by atoms with van der Waals surface area (Å²) in [7, 11) is 1.61. The number of ether oxygens (including phenoxy) is 2. The summed E-state index contributed by atoms with van der Waals surface area (Å²) in [5.74, 6) is 2.23. The zero-order chi connectivity index (χ0) is 21.6. The summed E-state index contributed by atoms with van der Waals surface area (Å²) >= 11 is 3.51. The first-order chi connectivity index (χ1) is 15.1. The van der Waals surface area contributed by atoms with Gasteiger partial charge >= 0.3 is 0 Å². The second-order valence-electron chi connectivity index (χ2n) is 6.91. The highest BCUT2D eigenvalue weighted by molar-refractivity contribution is 8.19. The van der Waals surface area contributed by atoms with Crippen molar-refractivity contribution < 1.29 is 18.7 Å². The monoisotopic (exact) mass is 455 g/mol. The lowest BCUT2D eigenvalue weighted by Crippen LogP contribution is -2.12. The molecule has 0 bridgehead atoms. The zero-order valence-corrected chi connectivity index (χ0v) is 18.6. The van der Waals surface area contributed by atoms with Gasteiger partial charge in [0.15, 0.2) is 11.6 Å². The Hall–Kier alpha value is -2.64. The second kappa shape index (κ2) is 10.1. The Bertz CT molecular complexity index is 1040. The van der Waals surface area contributed by atoms with E-state index in [2.05, 4.69) is 5.32 Å². The minimum Gasteiger partial charge on any atom is -0.497 e. The first-order valence-corrected chi connectivity index (χ1v) is 11.9. The zero-order valence-electron chi connectivity index (χ0n) is 17.0. The fourth-order valence-corrected chi connectivity index (χ4v) is 6.09. The molecule has 0 aromatic heterocycles. The van der Waals surface area contributed by atoms with Gasteiger partial charge in [-0.3, -0.25) is 4.79 Å². The molecule has 1 amide bonds. The molecule has 0 unspecified atom stereocenters. The number of hydrogen-bond donors (Lipinski definition) is 1. The highest BCUT2D eigenvalue weighted by atomic mass is 32.2. The lowest BCUT2D eigenvalue weighted by Gasteiger charge is -2.18. The number of anilines is 1. The van der Waals surface area contributed by atoms with Crippen molar-refractivity contribution in [3.05, 3.63) is 89.2 Å². The number of carbonyl (C=O) groups is 1. The van der Waals surface area contributed by atoms with Crippen LogP contribution in [0.1, 0.15) is 26.1 Å². The molecule has 1 aliphatic heterocycles. The van der Waals surface area contributed by atoms with Crippen LogP contribution in [-0.2, 0) is 6.61 Å². The van der Waals surface area contributed by atoms with Crippen LogP contribution in [0.4, 0.5) is 10.1 Å². The lowest BCUT2D eigenvalue weighted by molar-refractivity contribution is 0.102. The molecule has 3 aromatic rings. The molecule has 0 radical (unpaired) electrons. The van der Waals surface area contributed by atoms with E-state index in [1.807, 2.05) is 36.4 Å². The first-order valence-electron chi connectivity index (χ1n) is 9.83. The largest absolute Gasteiger partial charge is 0.497 e. The summed E-state index contributed by atoms with van der Waals surface area (Å²) in [6, 6.07) is 19.5. The fraction of sp³-hybridized carbons (Fsp3) is 0.208. The Morgan fingerprint density at radius 2 is 1.77 bits per heavy atom. The molecular weight excluding hydrogens is 433 g/mol. The van der Waals surface area contributed by atoms with Crippen molar-refractivity contribution in [3.63, 3.8) is 0 Å². The van der Waals surface area contributed by atoms with E-state index < -0.39 is 5.82 Å². The third-order valence-corrected chi connectivity index (χ3v) is 7.85. The molecule has 4 rings (SSSR count). The van der Waals surface area contributed by atoms with Crippen molar-refractivity contribution in [2.75, 3.05) is 23.9 Å². The van der Waals surface area contributed by atoms with E-state index in [1.54, 1.807) is 54.9 Å². The Morgan fingerprint density at radius 1 is 1.06 bits per heavy atom. The van der Waals surface area contributed by atoms with Gasteiger partial charge in [0, 0.05) is 34.4 Å². The van der Waals surface area contributed by atoms with E-state index in [0.29, 0.717) is 11.3 Å². The van der Waals surface area contributed by atoms with E-state index in [0.717, 1.165) is 28.4 Å². The molecule has 0 atom stereocenters. The predicted octanol–water partition coefficient (Wildman–Crippen LogP) is 6.14. The molecule has 0 saturated carbocycles. The first kappa shape index (κ1) is 21.6. The molecule has 7 heteroatoms. The number of benzene rings is 3. The molecule has 1 aliphatic rings. The summed E-state index contributed by atoms with van der Waals surface area (Å²) in [6.07, 6.45) is 0. The number of rotatable bonds is 7. The average molecular weight is 456 g/mol. The van der Waals surface area contributed by atoms with Crippen LogP contribution in [0.15, 0.2) is 66.7 Å². The van der Waals surface area contributed by atoms with Gasteiger partial charge in [-0.2, -0.15) is 0 Å². The van der Waals surface area contributed by atoms with Gasteiger partial charge in [-0.15, -0.1) is 23.5 Å². The molecule has 0 aliphatic carbocycles. The third kappa shape index (κ3) is 5.35. The Balaban J connectivity index is 1.57. The van der Waals surface area contributed by atoms with Crippen molar-refractivity contribution in [3.8, 4) is 11.5 Å². The SMILES string of the molecule is COc1ccc(COc2c(F)cc(NC(=O)c3ccccc3)cc2C2SCCS2)cc1. The maximum atomic E-state index is 15.1. The normalized spacial score (nSPS) is 13.7. The summed E-state index contributed by atoms with van der Waals surface area (Å²) in [6.45, 7) is 0.242. The number of carbonyl (C=O) groups excluding carboxylic acids is 1. The maximum absolute atomic E-state index is 15.1. The molecule has 3 aromatic carbocycles. The highest BCUT2D eigenvalue weighted by Crippen LogP contribution is 2.49. The Kier molecular flexibility index (Phi) is 7.04. The number of nitrogens with one attached hydrogen (secondary N) is 1. The van der Waals surface area contributed by atoms with Crippen molar-refractivity contribution in [2.24, 2.45) is 0 Å². The molecule has 0 spiro atoms. The van der Waals surface area contributed by atoms with Crippen LogP contribution < -0.4 is 14.8 Å². The van der Waals surface area contributed by atoms with Crippen LogP contribution >= 0.6 is 23.5 Å². The summed E-state index contributed by atoms with van der Waals surface area (Å²) in [4.78, 5) is 12.5. The van der Waals surface area contributed by atoms with Crippen LogP contribution in [0.2, 0.25) is 0 Å². The maximum Gasteiger partial charge on any atom is 0.255 e. The topological polar surface area (TPSA) is 47.6 Å². The Labute approximate surface area is 189 Å². The molecule has 1 heterocycles. The van der Waals surface area contributed by atoms with Crippen LogP contribution in [0, 0.1) is 5.82 Å². The van der Waals surface area contributed by atoms with Gasteiger partial charge in [-0.05, 0) is 35.9 Å². The smallest absolute Gasteiger partial charge is 0.255 e. The van der Waals surface area contributed by atoms with Gasteiger partial charge in [-0.25, -0.2) is 4.39 Å². The van der Waals surface area contributed by atoms with Crippen LogP contribution in [0.3, 0.4) is 0 Å². The number of halogens is 1. The summed E-state index contributed by atoms with van der Waals surface area (Å²) < 4.78 is 26.3. The lowest BCUT2D eigenvalue weighted by atomic mass is 10.1. The number of thioether (sulfide) groups is 2. The van der Waals surface area contributed by atoms with Crippen molar-refractivity contribution in [1.82, 2.24) is 0 Å². The van der Waals surface area contributed by atoms with Gasteiger partial charge in [-0.1, -0.05) is 30.3 Å². The van der Waals surface area contributed by atoms with E-state index in [-0.39, 0.29) is 22.8 Å². The minimum atomic E-state index is -0.484. The van der Waals surface area contributed by atoms with Crippen molar-refractivity contribution >= 4 is 35.1 Å². The van der Waals surface area contributed by atoms with Crippen molar-refractivity contribution in [2.45, 2.75) is 11.2 Å². The van der Waals surface area contributed by atoms with E-state index in [1.165, 1.54) is 6.07 Å². The van der Waals surface area contributed by atoms with Gasteiger partial charge in [0.1, 0.15) is 12.4 Å². The van der Waals surface area contributed by atoms with Crippen LogP contribution in [0.25, 0.3) is 0 Å². The fourth-order valence-electron chi connectivity index (χ4n) is 3.22. The van der Waals surface area contributed by atoms with E-state index >= 15 is 4.39 Å². The predicted molar refractivity (Wildman–Crippen MR) is 126 cm³/mol. The molecule has 4 nitrogen and oxygen atoms in total. The molecular formula is C24H22FNO3S2. The summed E-state index contributed by atoms with van der Waals surface area (Å²) in [5, 5.41) is 2.81. The summed E-state index contributed by atoms with van der Waals surface area (Å²) in [5.41, 5.74) is 2.61. The molecule has 1 N–H and O–H groups in total. The van der Waals surface area contributed by atoms with Crippen LogP contribution in [0.5, 0.6) is 11.5 Å². The third-order valence-electron chi connectivity index (χ3n) is 4.78. The van der Waals surface area contributed by atoms with Gasteiger partial charge < -0.3 is 14.8 Å². The van der Waals surface area contributed by atoms with Gasteiger partial charge in [0.25, 0.3) is 5.91 Å². The highest BCUT2D eigenvalue weighted by Gasteiger charge is 2.25. The quantitative estimate of drug-likeness (QED) is 0.463. The Morgan fingerprint density at radius 3 is 2.45 bits per heavy atom. The molecule has 1 saturated heterocycles. The average Bonchev–Trinajstić information content (AvgIpc) is 3.34. The van der Waals surface area contributed by atoms with E-state index in [9.17, 15) is 4.79 Å². The van der Waals surface area contributed by atoms with Crippen LogP contribution in [-0.4, -0.2) is 24.5 Å². The minimum absolute atomic E-state index is 0.0638. The molecule has 1 fully saturated rings. The second-order valence-corrected chi connectivity index (χ2v) is 9.63. The molecule has 160 valence electrons. The molecule has 31 heavy (non-hydrogen) atoms. The van der Waals surface area contributed by atoms with Gasteiger partial charge in [0.05, 0.1) is 11.7 Å². The number of methoxy groups -OCH3 is 1. The standard InChI is InChI=1S/C24H22FNO3S2/c1-28-19-9-7-16(8-10-19)15-29-22-20(24-30-11-12-31-24)13-18(14-21(22)25)26-23(27)17-5-3-2-4-6-17/h2-10,13-14,24H,11-12,15H2,1H3,(H,26,27). The van der Waals surface area contributed by atoms with Crippen molar-refractivity contribution in [1.29, 1.82) is 0 Å². The van der Waals surface area contributed by atoms with E-state index in [4.69, 9.17) is 9.47 Å².